The molecule has 3 aliphatic rings. The molecule has 5 heteroatoms. The predicted octanol–water partition coefficient (Wildman–Crippen LogP) is 3.87. The lowest BCUT2D eigenvalue weighted by Crippen LogP contribution is -2.49. The minimum Gasteiger partial charge on any atom is -0.341 e. The van der Waals surface area contributed by atoms with E-state index in [0.717, 1.165) is 38.0 Å². The molecule has 1 aliphatic heterocycles. The summed E-state index contributed by atoms with van der Waals surface area (Å²) in [5.41, 5.74) is 3.43. The van der Waals surface area contributed by atoms with E-state index in [2.05, 4.69) is 34.6 Å². The van der Waals surface area contributed by atoms with Crippen LogP contribution in [0.15, 0.2) is 48.7 Å². The molecule has 156 valence electrons. The molecule has 2 saturated carbocycles. The largest absolute Gasteiger partial charge is 0.341 e. The first-order valence-electron chi connectivity index (χ1n) is 11.2. The van der Waals surface area contributed by atoms with Crippen LogP contribution in [0, 0.1) is 5.41 Å². The summed E-state index contributed by atoms with van der Waals surface area (Å²) in [4.78, 5) is 31.8. The zero-order valence-corrected chi connectivity index (χ0v) is 17.5. The van der Waals surface area contributed by atoms with Gasteiger partial charge in [-0.05, 0) is 68.1 Å². The quantitative estimate of drug-likeness (QED) is 0.824. The van der Waals surface area contributed by atoms with Gasteiger partial charge in [0.15, 0.2) is 0 Å². The third kappa shape index (κ3) is 3.85. The van der Waals surface area contributed by atoms with Crippen molar-refractivity contribution < 1.29 is 9.59 Å². The Kier molecular flexibility index (Phi) is 4.84. The lowest BCUT2D eigenvalue weighted by Gasteiger charge is -2.33. The normalized spacial score (nSPS) is 24.9. The highest BCUT2D eigenvalue weighted by atomic mass is 16.2. The van der Waals surface area contributed by atoms with E-state index in [1.807, 2.05) is 23.1 Å². The number of pyridine rings is 1. The Morgan fingerprint density at radius 3 is 2.40 bits per heavy atom. The zero-order chi connectivity index (χ0) is 20.7. The van der Waals surface area contributed by atoms with Crippen LogP contribution < -0.4 is 5.32 Å². The number of benzene rings is 1. The molecule has 2 amide bonds. The molecule has 1 saturated heterocycles. The monoisotopic (exact) mass is 403 g/mol. The van der Waals surface area contributed by atoms with E-state index in [1.54, 1.807) is 13.1 Å². The van der Waals surface area contributed by atoms with Gasteiger partial charge in [0.2, 0.25) is 5.91 Å². The van der Waals surface area contributed by atoms with Crippen LogP contribution in [-0.2, 0) is 4.79 Å². The molecule has 1 spiro atoms. The van der Waals surface area contributed by atoms with E-state index >= 15 is 0 Å². The topological polar surface area (TPSA) is 62.3 Å². The van der Waals surface area contributed by atoms with Gasteiger partial charge >= 0.3 is 0 Å². The first kappa shape index (κ1) is 19.3. The summed E-state index contributed by atoms with van der Waals surface area (Å²) in [6.45, 7) is 3.41. The zero-order valence-electron chi connectivity index (χ0n) is 17.5. The van der Waals surface area contributed by atoms with E-state index in [4.69, 9.17) is 0 Å². The summed E-state index contributed by atoms with van der Waals surface area (Å²) in [5.74, 6) is 0.738. The third-order valence-corrected chi connectivity index (χ3v) is 7.26. The lowest BCUT2D eigenvalue weighted by molar-refractivity contribution is -0.134. The van der Waals surface area contributed by atoms with Gasteiger partial charge < -0.3 is 10.2 Å². The van der Waals surface area contributed by atoms with E-state index in [0.29, 0.717) is 22.8 Å². The van der Waals surface area contributed by atoms with Gasteiger partial charge in [-0.3, -0.25) is 14.6 Å². The Labute approximate surface area is 177 Å². The molecule has 30 heavy (non-hydrogen) atoms. The van der Waals surface area contributed by atoms with Crippen molar-refractivity contribution >= 4 is 11.8 Å². The van der Waals surface area contributed by atoms with Crippen molar-refractivity contribution in [2.75, 3.05) is 13.1 Å². The van der Waals surface area contributed by atoms with Crippen LogP contribution in [0.3, 0.4) is 0 Å². The molecule has 1 aromatic heterocycles. The molecule has 0 radical (unpaired) electrons. The molecule has 0 bridgehead atoms. The molecule has 5 nitrogen and oxygen atoms in total. The van der Waals surface area contributed by atoms with Gasteiger partial charge in [-0.1, -0.05) is 30.3 Å². The Bertz CT molecular complexity index is 927. The van der Waals surface area contributed by atoms with Crippen molar-refractivity contribution in [3.8, 4) is 0 Å². The second-order valence-corrected chi connectivity index (χ2v) is 9.35. The average molecular weight is 404 g/mol. The van der Waals surface area contributed by atoms with Crippen molar-refractivity contribution in [2.45, 2.75) is 56.9 Å². The number of carbonyl (C=O) groups is 2. The molecule has 1 N–H and O–H groups in total. The van der Waals surface area contributed by atoms with E-state index < -0.39 is 6.04 Å². The second kappa shape index (κ2) is 7.53. The van der Waals surface area contributed by atoms with Gasteiger partial charge in [-0.15, -0.1) is 0 Å². The average Bonchev–Trinajstić information content (AvgIpc) is 3.71. The molecule has 5 rings (SSSR count). The number of carbonyl (C=O) groups excluding carboxylic acids is 2. The Balaban J connectivity index is 1.15. The highest BCUT2D eigenvalue weighted by Gasteiger charge is 2.45. The standard InChI is InChI=1S/C25H29N3O2/c1-17(24(30)28-13-11-25(9-10-25)12-14-28)27-23(29)19-7-8-22(26-16-19)21-15-20(21)18-5-3-2-4-6-18/h2-8,16-17,20-21H,9-15H2,1H3,(H,27,29)/t17-,20-,21+/m0/s1. The van der Waals surface area contributed by atoms with Crippen LogP contribution >= 0.6 is 0 Å². The van der Waals surface area contributed by atoms with Crippen LogP contribution in [0.1, 0.15) is 72.5 Å². The van der Waals surface area contributed by atoms with Gasteiger partial charge in [0.25, 0.3) is 5.91 Å². The number of hydrogen-bond donors (Lipinski definition) is 1. The molecule has 2 aliphatic carbocycles. The number of aromatic nitrogens is 1. The predicted molar refractivity (Wildman–Crippen MR) is 115 cm³/mol. The van der Waals surface area contributed by atoms with E-state index in [1.165, 1.54) is 18.4 Å². The first-order valence-corrected chi connectivity index (χ1v) is 11.2. The summed E-state index contributed by atoms with van der Waals surface area (Å²) in [6, 6.07) is 13.8. The molecule has 1 aromatic carbocycles. The lowest BCUT2D eigenvalue weighted by atomic mass is 9.93. The van der Waals surface area contributed by atoms with E-state index in [-0.39, 0.29) is 11.8 Å². The van der Waals surface area contributed by atoms with Crippen molar-refractivity contribution in [1.29, 1.82) is 0 Å². The minimum absolute atomic E-state index is 0.0205. The third-order valence-electron chi connectivity index (χ3n) is 7.26. The first-order chi connectivity index (χ1) is 14.5. The number of hydrogen-bond acceptors (Lipinski definition) is 3. The van der Waals surface area contributed by atoms with E-state index in [9.17, 15) is 9.59 Å². The van der Waals surface area contributed by atoms with Gasteiger partial charge in [-0.2, -0.15) is 0 Å². The fourth-order valence-electron chi connectivity index (χ4n) is 4.84. The number of piperidine rings is 1. The molecule has 3 fully saturated rings. The van der Waals surface area contributed by atoms with Crippen LogP contribution in [0.2, 0.25) is 0 Å². The summed E-state index contributed by atoms with van der Waals surface area (Å²) in [6.07, 6.45) is 7.59. The number of rotatable bonds is 5. The highest BCUT2D eigenvalue weighted by Crippen LogP contribution is 2.54. The molecule has 0 unspecified atom stereocenters. The summed E-state index contributed by atoms with van der Waals surface area (Å²) >= 11 is 0. The van der Waals surface area contributed by atoms with Crippen LogP contribution in [0.4, 0.5) is 0 Å². The van der Waals surface area contributed by atoms with Crippen molar-refractivity contribution in [3.63, 3.8) is 0 Å². The van der Waals surface area contributed by atoms with Crippen molar-refractivity contribution in [1.82, 2.24) is 15.2 Å². The van der Waals surface area contributed by atoms with Crippen LogP contribution in [0.5, 0.6) is 0 Å². The van der Waals surface area contributed by atoms with Crippen molar-refractivity contribution in [2.24, 2.45) is 5.41 Å². The number of likely N-dealkylation sites (tertiary alicyclic amines) is 1. The molecule has 2 aromatic rings. The maximum Gasteiger partial charge on any atom is 0.253 e. The number of nitrogens with one attached hydrogen (secondary N) is 1. The minimum atomic E-state index is -0.517. The van der Waals surface area contributed by atoms with Gasteiger partial charge in [-0.25, -0.2) is 0 Å². The van der Waals surface area contributed by atoms with Gasteiger partial charge in [0.05, 0.1) is 5.56 Å². The van der Waals surface area contributed by atoms with Crippen LogP contribution in [-0.4, -0.2) is 40.8 Å². The van der Waals surface area contributed by atoms with Gasteiger partial charge in [0, 0.05) is 30.9 Å². The van der Waals surface area contributed by atoms with Crippen molar-refractivity contribution in [3.05, 3.63) is 65.5 Å². The number of nitrogens with zero attached hydrogens (tertiary/aromatic N) is 2. The SMILES string of the molecule is C[C@H](NC(=O)c1ccc([C@@H]2C[C@H]2c2ccccc2)nc1)C(=O)N1CCC2(CC1)CC2. The number of amides is 2. The highest BCUT2D eigenvalue weighted by molar-refractivity contribution is 5.97. The summed E-state index contributed by atoms with van der Waals surface area (Å²) in [5, 5.41) is 2.86. The maximum atomic E-state index is 12.7. The molecular formula is C25H29N3O2. The summed E-state index contributed by atoms with van der Waals surface area (Å²) in [7, 11) is 0. The molecular weight excluding hydrogens is 374 g/mol. The Morgan fingerprint density at radius 2 is 1.77 bits per heavy atom. The smallest absolute Gasteiger partial charge is 0.253 e. The Morgan fingerprint density at radius 1 is 1.03 bits per heavy atom. The fourth-order valence-corrected chi connectivity index (χ4v) is 4.84. The van der Waals surface area contributed by atoms with Gasteiger partial charge in [0.1, 0.15) is 6.04 Å². The fraction of sp³-hybridized carbons (Fsp3) is 0.480. The summed E-state index contributed by atoms with van der Waals surface area (Å²) < 4.78 is 0. The maximum absolute atomic E-state index is 12.7. The molecule has 3 atom stereocenters. The van der Waals surface area contributed by atoms with Crippen LogP contribution in [0.25, 0.3) is 0 Å². The second-order valence-electron chi connectivity index (χ2n) is 9.35. The molecule has 2 heterocycles. The Hall–Kier alpha value is -2.69.